The van der Waals surface area contributed by atoms with Gasteiger partial charge < -0.3 is 19.8 Å². The van der Waals surface area contributed by atoms with Gasteiger partial charge in [0.25, 0.3) is 5.91 Å². The van der Waals surface area contributed by atoms with Crippen LogP contribution >= 0.6 is 0 Å². The van der Waals surface area contributed by atoms with E-state index in [0.717, 1.165) is 10.8 Å². The molecule has 0 aliphatic carbocycles. The molecule has 0 radical (unpaired) electrons. The lowest BCUT2D eigenvalue weighted by molar-refractivity contribution is -0.116. The third kappa shape index (κ3) is 3.60. The first-order valence-corrected chi connectivity index (χ1v) is 7.64. The smallest absolute Gasteiger partial charge is 0.257 e. The number of benzene rings is 2. The minimum Gasteiger partial charge on any atom is -0.507 e. The molecule has 25 heavy (non-hydrogen) atoms. The summed E-state index contributed by atoms with van der Waals surface area (Å²) < 4.78 is 4.87. The van der Waals surface area contributed by atoms with Crippen molar-refractivity contribution in [3.63, 3.8) is 0 Å². The molecule has 2 N–H and O–H groups in total. The molecule has 128 valence electrons. The number of phenols is 1. The van der Waals surface area contributed by atoms with Gasteiger partial charge in [0.2, 0.25) is 5.91 Å². The fourth-order valence-electron chi connectivity index (χ4n) is 2.50. The summed E-state index contributed by atoms with van der Waals surface area (Å²) in [6, 6.07) is 12.1. The molecule has 0 unspecified atom stereocenters. The Morgan fingerprint density at radius 1 is 1.20 bits per heavy atom. The van der Waals surface area contributed by atoms with Crippen molar-refractivity contribution < 1.29 is 19.2 Å². The van der Waals surface area contributed by atoms with Crippen molar-refractivity contribution in [2.45, 2.75) is 6.92 Å². The van der Waals surface area contributed by atoms with Gasteiger partial charge in [-0.3, -0.25) is 9.59 Å². The van der Waals surface area contributed by atoms with Gasteiger partial charge in [-0.05, 0) is 29.8 Å². The molecule has 0 aliphatic heterocycles. The SMILES string of the molecule is Cc1cc(NC(=O)CN(C)C(=O)c2cc3ccccc3cc2O)no1. The summed E-state index contributed by atoms with van der Waals surface area (Å²) in [5, 5.41) is 18.0. The second-order valence-corrected chi connectivity index (χ2v) is 5.75. The van der Waals surface area contributed by atoms with Gasteiger partial charge >= 0.3 is 0 Å². The fourth-order valence-corrected chi connectivity index (χ4v) is 2.50. The Kier molecular flexibility index (Phi) is 4.38. The fraction of sp³-hybridized carbons (Fsp3) is 0.167. The first kappa shape index (κ1) is 16.5. The number of aromatic nitrogens is 1. The third-order valence-electron chi connectivity index (χ3n) is 3.72. The molecule has 1 heterocycles. The van der Waals surface area contributed by atoms with E-state index >= 15 is 0 Å². The average Bonchev–Trinajstić information content (AvgIpc) is 2.98. The monoisotopic (exact) mass is 339 g/mol. The number of nitrogens with one attached hydrogen (secondary N) is 1. The van der Waals surface area contributed by atoms with Gasteiger partial charge in [-0.1, -0.05) is 29.4 Å². The van der Waals surface area contributed by atoms with Crippen LogP contribution < -0.4 is 5.32 Å². The van der Waals surface area contributed by atoms with E-state index in [2.05, 4.69) is 10.5 Å². The summed E-state index contributed by atoms with van der Waals surface area (Å²) in [5.74, 6) is -0.125. The summed E-state index contributed by atoms with van der Waals surface area (Å²) in [5.41, 5.74) is 0.145. The van der Waals surface area contributed by atoms with Crippen LogP contribution in [0.3, 0.4) is 0 Å². The average molecular weight is 339 g/mol. The number of fused-ring (bicyclic) bond motifs is 1. The number of aromatic hydroxyl groups is 1. The van der Waals surface area contributed by atoms with E-state index in [1.165, 1.54) is 18.0 Å². The molecule has 7 nitrogen and oxygen atoms in total. The van der Waals surface area contributed by atoms with Gasteiger partial charge in [0.05, 0.1) is 12.1 Å². The van der Waals surface area contributed by atoms with E-state index in [9.17, 15) is 14.7 Å². The predicted molar refractivity (Wildman–Crippen MR) is 92.4 cm³/mol. The highest BCUT2D eigenvalue weighted by atomic mass is 16.5. The van der Waals surface area contributed by atoms with Gasteiger partial charge in [-0.15, -0.1) is 0 Å². The number of anilines is 1. The summed E-state index contributed by atoms with van der Waals surface area (Å²) in [7, 11) is 1.49. The number of likely N-dealkylation sites (N-methyl/N-ethyl adjacent to an activating group) is 1. The number of hydrogen-bond donors (Lipinski definition) is 2. The Morgan fingerprint density at radius 3 is 2.52 bits per heavy atom. The van der Waals surface area contributed by atoms with E-state index in [-0.39, 0.29) is 23.7 Å². The Balaban J connectivity index is 1.73. The molecule has 0 spiro atoms. The number of nitrogens with zero attached hydrogens (tertiary/aromatic N) is 2. The molecule has 2 aromatic carbocycles. The van der Waals surface area contributed by atoms with E-state index in [0.29, 0.717) is 5.76 Å². The standard InChI is InChI=1S/C18H17N3O4/c1-11-7-16(20-25-11)19-17(23)10-21(2)18(24)14-8-12-5-3-4-6-13(12)9-15(14)22/h3-9,22H,10H2,1-2H3,(H,19,20,23). The quantitative estimate of drug-likeness (QED) is 0.761. The number of phenolic OH excluding ortho intramolecular Hbond substituents is 1. The summed E-state index contributed by atoms with van der Waals surface area (Å²) in [6.07, 6.45) is 0. The second kappa shape index (κ2) is 6.64. The summed E-state index contributed by atoms with van der Waals surface area (Å²) >= 11 is 0. The van der Waals surface area contributed by atoms with Gasteiger partial charge in [0.15, 0.2) is 5.82 Å². The lowest BCUT2D eigenvalue weighted by Gasteiger charge is -2.17. The lowest BCUT2D eigenvalue weighted by Crippen LogP contribution is -2.35. The molecule has 3 rings (SSSR count). The summed E-state index contributed by atoms with van der Waals surface area (Å²) in [4.78, 5) is 25.8. The summed E-state index contributed by atoms with van der Waals surface area (Å²) in [6.45, 7) is 1.53. The molecule has 1 aromatic heterocycles. The zero-order valence-electron chi connectivity index (χ0n) is 13.8. The van der Waals surface area contributed by atoms with Crippen molar-refractivity contribution in [2.75, 3.05) is 18.9 Å². The van der Waals surface area contributed by atoms with Crippen molar-refractivity contribution in [1.29, 1.82) is 0 Å². The number of carbonyl (C=O) groups is 2. The Bertz CT molecular complexity index is 948. The maximum absolute atomic E-state index is 12.6. The minimum absolute atomic E-state index is 0.122. The second-order valence-electron chi connectivity index (χ2n) is 5.75. The maximum Gasteiger partial charge on any atom is 0.257 e. The topological polar surface area (TPSA) is 95.7 Å². The van der Waals surface area contributed by atoms with E-state index in [1.54, 1.807) is 19.1 Å². The van der Waals surface area contributed by atoms with Gasteiger partial charge in [0.1, 0.15) is 11.5 Å². The first-order valence-electron chi connectivity index (χ1n) is 7.64. The van der Waals surface area contributed by atoms with Crippen LogP contribution in [0.5, 0.6) is 5.75 Å². The highest BCUT2D eigenvalue weighted by Gasteiger charge is 2.19. The maximum atomic E-state index is 12.6. The van der Waals surface area contributed by atoms with E-state index < -0.39 is 11.8 Å². The molecule has 0 saturated heterocycles. The van der Waals surface area contributed by atoms with Crippen LogP contribution in [-0.4, -0.2) is 40.6 Å². The molecule has 0 bridgehead atoms. The Labute approximate surface area is 143 Å². The van der Waals surface area contributed by atoms with Crippen LogP contribution in [0.1, 0.15) is 16.1 Å². The van der Waals surface area contributed by atoms with Crippen LogP contribution in [0.25, 0.3) is 10.8 Å². The largest absolute Gasteiger partial charge is 0.507 e. The van der Waals surface area contributed by atoms with Crippen molar-refractivity contribution in [3.05, 3.63) is 53.8 Å². The lowest BCUT2D eigenvalue weighted by atomic mass is 10.1. The highest BCUT2D eigenvalue weighted by Crippen LogP contribution is 2.25. The molecule has 3 aromatic rings. The number of hydrogen-bond acceptors (Lipinski definition) is 5. The normalized spacial score (nSPS) is 10.6. The molecule has 0 fully saturated rings. The van der Waals surface area contributed by atoms with Crippen LogP contribution in [0, 0.1) is 6.92 Å². The van der Waals surface area contributed by atoms with Gasteiger partial charge in [0, 0.05) is 13.1 Å². The minimum atomic E-state index is -0.449. The van der Waals surface area contributed by atoms with Gasteiger partial charge in [-0.2, -0.15) is 0 Å². The van der Waals surface area contributed by atoms with Crippen LogP contribution in [0.2, 0.25) is 0 Å². The number of amides is 2. The third-order valence-corrected chi connectivity index (χ3v) is 3.72. The Morgan fingerprint density at radius 2 is 1.88 bits per heavy atom. The first-order chi connectivity index (χ1) is 11.9. The van der Waals surface area contributed by atoms with E-state index in [4.69, 9.17) is 4.52 Å². The molecule has 2 amide bonds. The molecule has 0 aliphatic rings. The van der Waals surface area contributed by atoms with Crippen molar-refractivity contribution in [3.8, 4) is 5.75 Å². The predicted octanol–water partition coefficient (Wildman–Crippen LogP) is 2.55. The van der Waals surface area contributed by atoms with Crippen LogP contribution in [0.4, 0.5) is 5.82 Å². The molecule has 7 heteroatoms. The Hall–Kier alpha value is -3.35. The molecular weight excluding hydrogens is 322 g/mol. The number of rotatable bonds is 4. The van der Waals surface area contributed by atoms with Crippen molar-refractivity contribution in [2.24, 2.45) is 0 Å². The van der Waals surface area contributed by atoms with Crippen LogP contribution in [0.15, 0.2) is 47.0 Å². The van der Waals surface area contributed by atoms with Crippen molar-refractivity contribution >= 4 is 28.4 Å². The van der Waals surface area contributed by atoms with Gasteiger partial charge in [-0.25, -0.2) is 0 Å². The van der Waals surface area contributed by atoms with Crippen LogP contribution in [-0.2, 0) is 4.79 Å². The van der Waals surface area contributed by atoms with Crippen molar-refractivity contribution in [1.82, 2.24) is 10.1 Å². The number of carbonyl (C=O) groups excluding carboxylic acids is 2. The zero-order valence-corrected chi connectivity index (χ0v) is 13.8. The number of aryl methyl sites for hydroxylation is 1. The molecular formula is C18H17N3O4. The van der Waals surface area contributed by atoms with E-state index in [1.807, 2.05) is 24.3 Å². The molecule has 0 saturated carbocycles. The zero-order chi connectivity index (χ0) is 18.0. The highest BCUT2D eigenvalue weighted by molar-refractivity contribution is 6.03. The molecule has 0 atom stereocenters.